The Morgan fingerprint density at radius 3 is 2.44 bits per heavy atom. The van der Waals surface area contributed by atoms with Crippen molar-refractivity contribution in [3.8, 4) is 28.5 Å². The van der Waals surface area contributed by atoms with Crippen molar-refractivity contribution in [1.82, 2.24) is 10.3 Å². The number of hydrogen-bond donors (Lipinski definition) is 1. The first-order valence-corrected chi connectivity index (χ1v) is 11.0. The third-order valence-corrected chi connectivity index (χ3v) is 5.66. The van der Waals surface area contributed by atoms with Crippen LogP contribution in [0.3, 0.4) is 0 Å². The average Bonchev–Trinajstić information content (AvgIpc) is 3.30. The molecule has 32 heavy (non-hydrogen) atoms. The van der Waals surface area contributed by atoms with E-state index >= 15 is 0 Å². The van der Waals surface area contributed by atoms with Crippen LogP contribution in [0.25, 0.3) is 22.4 Å². The molecule has 4 rings (SSSR count). The number of nitrogens with zero attached hydrogens (tertiary/aromatic N) is 4. The monoisotopic (exact) mass is 442 g/mol. The Bertz CT molecular complexity index is 1270. The van der Waals surface area contributed by atoms with Gasteiger partial charge in [0.05, 0.1) is 17.0 Å². The molecule has 2 aromatic carbocycles. The number of carbonyl (C=O) groups is 1. The largest absolute Gasteiger partial charge is 0.302 e. The van der Waals surface area contributed by atoms with Crippen molar-refractivity contribution >= 4 is 23.6 Å². The number of thioether (sulfide) groups is 1. The van der Waals surface area contributed by atoms with Crippen molar-refractivity contribution in [1.29, 1.82) is 5.26 Å². The van der Waals surface area contributed by atoms with Crippen LogP contribution in [0.1, 0.15) is 12.5 Å². The molecule has 0 atom stereocenters. The zero-order valence-electron chi connectivity index (χ0n) is 17.4. The van der Waals surface area contributed by atoms with Gasteiger partial charge in [-0.1, -0.05) is 77.1 Å². The first-order valence-electron chi connectivity index (χ1n) is 10.0. The molecule has 8 heteroatoms. The second-order valence-electron chi connectivity index (χ2n) is 6.84. The lowest BCUT2D eigenvalue weighted by Crippen LogP contribution is -2.32. The molecule has 0 radical (unpaired) electrons. The number of rotatable bonds is 7. The summed E-state index contributed by atoms with van der Waals surface area (Å²) < 4.78 is 6.66. The first kappa shape index (κ1) is 21.3. The minimum atomic E-state index is -0.272. The summed E-state index contributed by atoms with van der Waals surface area (Å²) in [4.78, 5) is 17.2. The summed E-state index contributed by atoms with van der Waals surface area (Å²) in [6, 6.07) is 23.7. The van der Waals surface area contributed by atoms with Gasteiger partial charge in [-0.2, -0.15) is 5.26 Å². The van der Waals surface area contributed by atoms with E-state index in [2.05, 4.69) is 16.7 Å². The summed E-state index contributed by atoms with van der Waals surface area (Å²) in [7, 11) is 0. The molecule has 0 aliphatic rings. The fourth-order valence-corrected chi connectivity index (χ4v) is 3.93. The fraction of sp³-hybridized carbons (Fsp3) is 0.125. The molecule has 0 saturated carbocycles. The highest BCUT2D eigenvalue weighted by molar-refractivity contribution is 8.00. The molecule has 0 spiro atoms. The van der Waals surface area contributed by atoms with Crippen LogP contribution in [-0.2, 0) is 11.3 Å². The van der Waals surface area contributed by atoms with Crippen LogP contribution >= 0.6 is 11.8 Å². The Kier molecular flexibility index (Phi) is 6.58. The smallest absolute Gasteiger partial charge is 0.288 e. The van der Waals surface area contributed by atoms with Gasteiger partial charge in [0.1, 0.15) is 11.1 Å². The zero-order valence-corrected chi connectivity index (χ0v) is 18.2. The van der Waals surface area contributed by atoms with Crippen LogP contribution in [0.15, 0.2) is 82.5 Å². The lowest BCUT2D eigenvalue weighted by molar-refractivity contribution is -0.759. The third-order valence-electron chi connectivity index (χ3n) is 4.69. The Balaban J connectivity index is 1.65. The van der Waals surface area contributed by atoms with Crippen molar-refractivity contribution in [3.63, 3.8) is 0 Å². The first-order chi connectivity index (χ1) is 15.7. The maximum absolute atomic E-state index is 12.5. The Morgan fingerprint density at radius 1 is 1.12 bits per heavy atom. The quantitative estimate of drug-likeness (QED) is 0.338. The topological polar surface area (TPSA) is 95.7 Å². The van der Waals surface area contributed by atoms with E-state index in [1.165, 1.54) is 11.8 Å². The molecule has 7 nitrogen and oxygen atoms in total. The molecule has 0 fully saturated rings. The number of anilines is 1. The van der Waals surface area contributed by atoms with Gasteiger partial charge in [-0.15, -0.1) is 0 Å². The number of nitrogens with one attached hydrogen (secondary N) is 1. The SMILES string of the molecule is CC[n+]1cc(NC(=O)CSc2nc(-c3ccccc3)cc(-c3ccccc3)c2C#N)on1. The van der Waals surface area contributed by atoms with E-state index in [0.29, 0.717) is 17.1 Å². The fourth-order valence-electron chi connectivity index (χ4n) is 3.13. The van der Waals surface area contributed by atoms with E-state index in [1.807, 2.05) is 73.7 Å². The van der Waals surface area contributed by atoms with Gasteiger partial charge in [0.2, 0.25) is 11.2 Å². The van der Waals surface area contributed by atoms with Crippen LogP contribution in [-0.4, -0.2) is 21.9 Å². The van der Waals surface area contributed by atoms with Crippen LogP contribution in [0.2, 0.25) is 0 Å². The van der Waals surface area contributed by atoms with E-state index in [0.717, 1.165) is 22.4 Å². The maximum Gasteiger partial charge on any atom is 0.302 e. The van der Waals surface area contributed by atoms with E-state index in [1.54, 1.807) is 10.9 Å². The summed E-state index contributed by atoms with van der Waals surface area (Å²) >= 11 is 1.21. The summed E-state index contributed by atoms with van der Waals surface area (Å²) in [6.45, 7) is 2.56. The minimum Gasteiger partial charge on any atom is -0.288 e. The molecular formula is C24H20N5O2S+. The average molecular weight is 443 g/mol. The van der Waals surface area contributed by atoms with Crippen molar-refractivity contribution in [2.75, 3.05) is 11.1 Å². The lowest BCUT2D eigenvalue weighted by Gasteiger charge is -2.12. The molecule has 2 aromatic heterocycles. The maximum atomic E-state index is 12.5. The van der Waals surface area contributed by atoms with Gasteiger partial charge < -0.3 is 0 Å². The number of benzene rings is 2. The molecule has 2 heterocycles. The Morgan fingerprint density at radius 2 is 1.81 bits per heavy atom. The van der Waals surface area contributed by atoms with Gasteiger partial charge in [0, 0.05) is 11.1 Å². The number of hydrogen-bond acceptors (Lipinski definition) is 6. The van der Waals surface area contributed by atoms with Crippen molar-refractivity contribution in [2.45, 2.75) is 18.5 Å². The molecule has 0 aliphatic carbocycles. The summed E-state index contributed by atoms with van der Waals surface area (Å²) in [5.74, 6) is 0.0708. The van der Waals surface area contributed by atoms with E-state index in [9.17, 15) is 10.1 Å². The number of aromatic nitrogens is 3. The number of nitriles is 1. The zero-order chi connectivity index (χ0) is 22.3. The lowest BCUT2D eigenvalue weighted by atomic mass is 9.99. The predicted molar refractivity (Wildman–Crippen MR) is 122 cm³/mol. The molecule has 158 valence electrons. The number of carbonyl (C=O) groups excluding carboxylic acids is 1. The van der Waals surface area contributed by atoms with Crippen molar-refractivity contribution in [2.24, 2.45) is 0 Å². The highest BCUT2D eigenvalue weighted by Gasteiger charge is 2.18. The number of aryl methyl sites for hydroxylation is 1. The number of amides is 1. The van der Waals surface area contributed by atoms with Gasteiger partial charge in [-0.25, -0.2) is 4.98 Å². The van der Waals surface area contributed by atoms with Gasteiger partial charge in [-0.3, -0.25) is 14.6 Å². The molecule has 0 aliphatic heterocycles. The molecule has 0 saturated heterocycles. The minimum absolute atomic E-state index is 0.0704. The standard InChI is InChI=1S/C24H19N5O2S/c1-2-29-15-23(31-28-29)27-22(30)16-32-24-20(14-25)19(17-9-5-3-6-10-17)13-21(26-24)18-11-7-4-8-12-18/h3-13,15H,2,16H2,1H3/p+1. The van der Waals surface area contributed by atoms with Crippen LogP contribution < -0.4 is 10.00 Å². The summed E-state index contributed by atoms with van der Waals surface area (Å²) in [5, 5.41) is 16.9. The third kappa shape index (κ3) is 4.85. The van der Waals surface area contributed by atoms with Crippen LogP contribution in [0, 0.1) is 11.3 Å². The normalized spacial score (nSPS) is 10.5. The van der Waals surface area contributed by atoms with Gasteiger partial charge in [0.15, 0.2) is 6.54 Å². The number of pyridine rings is 1. The second-order valence-corrected chi connectivity index (χ2v) is 7.80. The van der Waals surface area contributed by atoms with Gasteiger partial charge in [-0.05, 0) is 18.6 Å². The highest BCUT2D eigenvalue weighted by Crippen LogP contribution is 2.34. The van der Waals surface area contributed by atoms with Crippen molar-refractivity contribution in [3.05, 3.63) is 78.5 Å². The summed E-state index contributed by atoms with van der Waals surface area (Å²) in [6.07, 6.45) is 1.62. The summed E-state index contributed by atoms with van der Waals surface area (Å²) in [5.41, 5.74) is 3.82. The molecule has 4 aromatic rings. The molecule has 0 bridgehead atoms. The van der Waals surface area contributed by atoms with E-state index in [-0.39, 0.29) is 17.5 Å². The molecule has 0 unspecified atom stereocenters. The van der Waals surface area contributed by atoms with Gasteiger partial charge >= 0.3 is 5.88 Å². The Hall–Kier alpha value is -3.96. The van der Waals surface area contributed by atoms with Crippen molar-refractivity contribution < 1.29 is 14.0 Å². The highest BCUT2D eigenvalue weighted by atomic mass is 32.2. The van der Waals surface area contributed by atoms with E-state index in [4.69, 9.17) is 9.51 Å². The van der Waals surface area contributed by atoms with Gasteiger partial charge in [0.25, 0.3) is 6.20 Å². The molecule has 1 N–H and O–H groups in total. The van der Waals surface area contributed by atoms with E-state index < -0.39 is 0 Å². The molecule has 1 amide bonds. The second kappa shape index (κ2) is 9.90. The van der Waals surface area contributed by atoms with Crippen LogP contribution in [0.4, 0.5) is 5.88 Å². The molecular weight excluding hydrogens is 422 g/mol. The predicted octanol–water partition coefficient (Wildman–Crippen LogP) is 4.31. The Labute approximate surface area is 189 Å². The van der Waals surface area contributed by atoms with Crippen LogP contribution in [0.5, 0.6) is 0 Å².